The number of carbonyl (C=O) groups is 2. The first-order valence-corrected chi connectivity index (χ1v) is 12.0. The molecule has 0 bridgehead atoms. The summed E-state index contributed by atoms with van der Waals surface area (Å²) in [6.45, 7) is 3.27. The minimum absolute atomic E-state index is 0.0428. The van der Waals surface area contributed by atoms with Crippen molar-refractivity contribution >= 4 is 33.3 Å². The summed E-state index contributed by atoms with van der Waals surface area (Å²) in [6.07, 6.45) is 0. The maximum Gasteiger partial charge on any atom is 0.338 e. The van der Waals surface area contributed by atoms with Crippen LogP contribution in [0.4, 0.5) is 11.4 Å². The van der Waals surface area contributed by atoms with Gasteiger partial charge in [-0.15, -0.1) is 0 Å². The fraction of sp³-hybridized carbons (Fsp3) is 0.200. The molecule has 0 radical (unpaired) electrons. The summed E-state index contributed by atoms with van der Waals surface area (Å²) in [5.41, 5.74) is 1.78. The maximum absolute atomic E-state index is 13.5. The number of sulfonamides is 1. The Balaban J connectivity index is 1.85. The molecular weight excluding hydrogens is 456 g/mol. The fourth-order valence-corrected chi connectivity index (χ4v) is 4.79. The number of anilines is 2. The number of amides is 1. The number of hydrogen-bond acceptors (Lipinski definition) is 6. The minimum atomic E-state index is -4.06. The average molecular weight is 483 g/mol. The van der Waals surface area contributed by atoms with Gasteiger partial charge in [0.1, 0.15) is 12.3 Å². The number of carbonyl (C=O) groups excluding carboxylic acids is 2. The van der Waals surface area contributed by atoms with Gasteiger partial charge in [0, 0.05) is 5.69 Å². The van der Waals surface area contributed by atoms with Crippen molar-refractivity contribution < 1.29 is 27.5 Å². The zero-order chi connectivity index (χ0) is 24.7. The van der Waals surface area contributed by atoms with E-state index in [0.717, 1.165) is 4.31 Å². The highest BCUT2D eigenvalue weighted by atomic mass is 32.2. The smallest absolute Gasteiger partial charge is 0.338 e. The molecule has 3 aromatic rings. The number of benzene rings is 3. The van der Waals surface area contributed by atoms with Crippen LogP contribution in [0.15, 0.2) is 77.7 Å². The number of para-hydroxylation sites is 1. The Morgan fingerprint density at radius 2 is 1.65 bits per heavy atom. The van der Waals surface area contributed by atoms with Gasteiger partial charge in [0.15, 0.2) is 0 Å². The molecule has 178 valence electrons. The largest absolute Gasteiger partial charge is 0.496 e. The number of aryl methyl sites for hydroxylation is 1. The molecule has 0 fully saturated rings. The van der Waals surface area contributed by atoms with Gasteiger partial charge in [-0.1, -0.05) is 18.2 Å². The first-order chi connectivity index (χ1) is 16.3. The molecule has 3 rings (SSSR count). The molecule has 34 heavy (non-hydrogen) atoms. The van der Waals surface area contributed by atoms with E-state index in [4.69, 9.17) is 9.47 Å². The zero-order valence-electron chi connectivity index (χ0n) is 19.1. The van der Waals surface area contributed by atoms with Crippen LogP contribution >= 0.6 is 0 Å². The molecule has 0 heterocycles. The van der Waals surface area contributed by atoms with E-state index in [1.54, 1.807) is 62.4 Å². The van der Waals surface area contributed by atoms with E-state index in [9.17, 15) is 18.0 Å². The number of hydrogen-bond donors (Lipinski definition) is 1. The molecule has 0 saturated carbocycles. The van der Waals surface area contributed by atoms with Gasteiger partial charge in [0.2, 0.25) is 5.91 Å². The molecule has 9 heteroatoms. The standard InChI is InChI=1S/C25H26N2O6S/c1-4-33-25(29)19-10-12-20(13-11-19)26-24(28)17-27(21-8-6-5-7-9-21)34(30,31)22-14-15-23(32-3)18(2)16-22/h5-16H,4,17H2,1-3H3,(H,26,28). The highest BCUT2D eigenvalue weighted by Crippen LogP contribution is 2.27. The van der Waals surface area contributed by atoms with Crippen molar-refractivity contribution in [2.75, 3.05) is 29.9 Å². The number of nitrogens with one attached hydrogen (secondary N) is 1. The second kappa shape index (κ2) is 10.8. The average Bonchev–Trinajstić information content (AvgIpc) is 2.83. The molecule has 0 aliphatic heterocycles. The first kappa shape index (κ1) is 24.8. The molecular formula is C25H26N2O6S. The number of methoxy groups -OCH3 is 1. The van der Waals surface area contributed by atoms with Gasteiger partial charge < -0.3 is 14.8 Å². The number of nitrogens with zero attached hydrogens (tertiary/aromatic N) is 1. The monoisotopic (exact) mass is 482 g/mol. The van der Waals surface area contributed by atoms with Crippen LogP contribution in [0.1, 0.15) is 22.8 Å². The molecule has 0 aliphatic carbocycles. The molecule has 0 spiro atoms. The van der Waals surface area contributed by atoms with E-state index in [1.165, 1.54) is 31.4 Å². The maximum atomic E-state index is 13.5. The third-order valence-electron chi connectivity index (χ3n) is 4.97. The van der Waals surface area contributed by atoms with Crippen molar-refractivity contribution in [3.05, 3.63) is 83.9 Å². The van der Waals surface area contributed by atoms with Crippen molar-refractivity contribution in [1.29, 1.82) is 0 Å². The van der Waals surface area contributed by atoms with Crippen LogP contribution in [-0.2, 0) is 19.6 Å². The second-order valence-corrected chi connectivity index (χ2v) is 9.19. The molecule has 0 saturated heterocycles. The summed E-state index contributed by atoms with van der Waals surface area (Å²) < 4.78 is 38.2. The Morgan fingerprint density at radius 3 is 2.24 bits per heavy atom. The molecule has 3 aromatic carbocycles. The van der Waals surface area contributed by atoms with E-state index >= 15 is 0 Å². The van der Waals surface area contributed by atoms with Crippen LogP contribution in [-0.4, -0.2) is 40.6 Å². The summed E-state index contributed by atoms with van der Waals surface area (Å²) in [5, 5.41) is 2.68. The quantitative estimate of drug-likeness (QED) is 0.462. The summed E-state index contributed by atoms with van der Waals surface area (Å²) in [7, 11) is -2.55. The Hall–Kier alpha value is -3.85. The van der Waals surface area contributed by atoms with Crippen molar-refractivity contribution in [2.24, 2.45) is 0 Å². The molecule has 0 aliphatic rings. The SMILES string of the molecule is CCOC(=O)c1ccc(NC(=O)CN(c2ccccc2)S(=O)(=O)c2ccc(OC)c(C)c2)cc1. The summed E-state index contributed by atoms with van der Waals surface area (Å²) >= 11 is 0. The number of ether oxygens (including phenoxy) is 2. The highest BCUT2D eigenvalue weighted by Gasteiger charge is 2.27. The lowest BCUT2D eigenvalue weighted by molar-refractivity contribution is -0.114. The molecule has 8 nitrogen and oxygen atoms in total. The second-order valence-electron chi connectivity index (χ2n) is 7.32. The zero-order valence-corrected chi connectivity index (χ0v) is 20.0. The highest BCUT2D eigenvalue weighted by molar-refractivity contribution is 7.92. The molecule has 1 amide bonds. The molecule has 0 aromatic heterocycles. The normalized spacial score (nSPS) is 10.9. The topological polar surface area (TPSA) is 102 Å². The van der Waals surface area contributed by atoms with Gasteiger partial charge in [0.05, 0.1) is 29.9 Å². The summed E-state index contributed by atoms with van der Waals surface area (Å²) in [5.74, 6) is -0.438. The lowest BCUT2D eigenvalue weighted by Gasteiger charge is -2.24. The Morgan fingerprint density at radius 1 is 0.971 bits per heavy atom. The summed E-state index contributed by atoms with van der Waals surface area (Å²) in [6, 6.07) is 19.1. The third-order valence-corrected chi connectivity index (χ3v) is 6.74. The van der Waals surface area contributed by atoms with Crippen molar-refractivity contribution in [2.45, 2.75) is 18.7 Å². The van der Waals surface area contributed by atoms with Crippen LogP contribution in [0.25, 0.3) is 0 Å². The van der Waals surface area contributed by atoms with E-state index in [1.807, 2.05) is 0 Å². The van der Waals surface area contributed by atoms with E-state index in [-0.39, 0.29) is 11.5 Å². The Kier molecular flexibility index (Phi) is 7.91. The summed E-state index contributed by atoms with van der Waals surface area (Å²) in [4.78, 5) is 24.7. The van der Waals surface area contributed by atoms with Crippen LogP contribution < -0.4 is 14.4 Å². The molecule has 1 N–H and O–H groups in total. The molecule has 0 unspecified atom stereocenters. The predicted molar refractivity (Wildman–Crippen MR) is 130 cm³/mol. The van der Waals surface area contributed by atoms with Gasteiger partial charge >= 0.3 is 5.97 Å². The third kappa shape index (κ3) is 5.74. The lowest BCUT2D eigenvalue weighted by atomic mass is 10.2. The van der Waals surface area contributed by atoms with E-state index < -0.39 is 28.4 Å². The van der Waals surface area contributed by atoms with Gasteiger partial charge in [-0.2, -0.15) is 0 Å². The van der Waals surface area contributed by atoms with Crippen molar-refractivity contribution in [3.8, 4) is 5.75 Å². The number of esters is 1. The van der Waals surface area contributed by atoms with Gasteiger partial charge in [-0.25, -0.2) is 13.2 Å². The molecule has 0 atom stereocenters. The van der Waals surface area contributed by atoms with Crippen LogP contribution in [0.3, 0.4) is 0 Å². The fourth-order valence-electron chi connectivity index (χ4n) is 3.28. The Labute approximate surface area is 199 Å². The minimum Gasteiger partial charge on any atom is -0.496 e. The van der Waals surface area contributed by atoms with Gasteiger partial charge in [0.25, 0.3) is 10.0 Å². The number of rotatable bonds is 9. The Bertz CT molecular complexity index is 1260. The lowest BCUT2D eigenvalue weighted by Crippen LogP contribution is -2.38. The van der Waals surface area contributed by atoms with Crippen LogP contribution in [0.2, 0.25) is 0 Å². The first-order valence-electron chi connectivity index (χ1n) is 10.6. The van der Waals surface area contributed by atoms with E-state index in [2.05, 4.69) is 5.32 Å². The van der Waals surface area contributed by atoms with Crippen molar-refractivity contribution in [1.82, 2.24) is 0 Å². The predicted octanol–water partition coefficient (Wildman–Crippen LogP) is 4.01. The van der Waals surface area contributed by atoms with Crippen LogP contribution in [0, 0.1) is 6.92 Å². The van der Waals surface area contributed by atoms with Gasteiger partial charge in [-0.05, 0) is 74.0 Å². The van der Waals surface area contributed by atoms with Crippen LogP contribution in [0.5, 0.6) is 5.75 Å². The van der Waals surface area contributed by atoms with Gasteiger partial charge in [-0.3, -0.25) is 9.10 Å². The van der Waals surface area contributed by atoms with E-state index in [0.29, 0.717) is 28.3 Å². The van der Waals surface area contributed by atoms with Crippen molar-refractivity contribution in [3.63, 3.8) is 0 Å².